The van der Waals surface area contributed by atoms with Crippen LogP contribution >= 0.6 is 47.0 Å². The van der Waals surface area contributed by atoms with Crippen molar-refractivity contribution < 1.29 is 38.1 Å². The quantitative estimate of drug-likeness (QED) is 0.0806. The van der Waals surface area contributed by atoms with Crippen LogP contribution in [0.1, 0.15) is 131 Å². The normalized spacial score (nSPS) is 38.5. The van der Waals surface area contributed by atoms with Gasteiger partial charge in [0.25, 0.3) is 0 Å². The molecule has 0 heterocycles. The van der Waals surface area contributed by atoms with Crippen LogP contribution in [0.2, 0.25) is 0 Å². The highest BCUT2D eigenvalue weighted by molar-refractivity contribution is 8.14. The summed E-state index contributed by atoms with van der Waals surface area (Å²) in [5.74, 6) is 17.9. The van der Waals surface area contributed by atoms with Crippen LogP contribution in [-0.2, 0) is 35.1 Å². The minimum absolute atomic E-state index is 0. The fraction of sp³-hybridized carbons (Fsp3) is 0.742. The van der Waals surface area contributed by atoms with Crippen molar-refractivity contribution in [1.82, 2.24) is 0 Å². The second-order valence-electron chi connectivity index (χ2n) is 25.0. The van der Waals surface area contributed by atoms with E-state index in [1.807, 2.05) is 73.8 Å². The van der Waals surface area contributed by atoms with Gasteiger partial charge in [-0.15, -0.1) is 0 Å². The molecule has 12 heteroatoms. The molecule has 2 aromatic carbocycles. The lowest BCUT2D eigenvalue weighted by Crippen LogP contribution is -2.39. The van der Waals surface area contributed by atoms with Gasteiger partial charge < -0.3 is 18.9 Å². The van der Waals surface area contributed by atoms with Gasteiger partial charge in [0.15, 0.2) is 5.12 Å². The van der Waals surface area contributed by atoms with Crippen LogP contribution in [0.15, 0.2) is 48.5 Å². The number of hydrogen-bond acceptors (Lipinski definition) is 12. The molecule has 10 saturated carbocycles. The third-order valence-corrected chi connectivity index (χ3v) is 25.5. The maximum atomic E-state index is 12.8. The molecule has 10 aliphatic rings. The van der Waals surface area contributed by atoms with Crippen molar-refractivity contribution in [3.8, 4) is 11.5 Å². The molecular formula is C62H88O8S4. The highest BCUT2D eigenvalue weighted by atomic mass is 32.2. The Kier molecular flexibility index (Phi) is 18.0. The van der Waals surface area contributed by atoms with Crippen molar-refractivity contribution in [3.05, 3.63) is 59.7 Å². The first kappa shape index (κ1) is 56.4. The Morgan fingerprint density at radius 3 is 1.49 bits per heavy atom. The zero-order chi connectivity index (χ0) is 50.0. The van der Waals surface area contributed by atoms with Gasteiger partial charge in [-0.2, -0.15) is 35.3 Å². The molecule has 74 heavy (non-hydrogen) atoms. The van der Waals surface area contributed by atoms with Gasteiger partial charge >= 0.3 is 17.9 Å². The minimum Gasteiger partial charge on any atom is -0.497 e. The molecule has 10 aliphatic carbocycles. The van der Waals surface area contributed by atoms with E-state index >= 15 is 0 Å². The van der Waals surface area contributed by atoms with Crippen molar-refractivity contribution in [2.75, 3.05) is 38.1 Å². The van der Waals surface area contributed by atoms with Gasteiger partial charge in [0.1, 0.15) is 11.5 Å². The van der Waals surface area contributed by atoms with Crippen LogP contribution in [0, 0.1) is 100 Å². The van der Waals surface area contributed by atoms with Gasteiger partial charge in [-0.3, -0.25) is 19.2 Å². The van der Waals surface area contributed by atoms with Crippen LogP contribution in [-0.4, -0.2) is 82.1 Å². The first-order chi connectivity index (χ1) is 34.7. The summed E-state index contributed by atoms with van der Waals surface area (Å²) in [6.07, 6.45) is 18.3. The first-order valence-corrected chi connectivity index (χ1v) is 32.1. The second kappa shape index (κ2) is 23.6. The van der Waals surface area contributed by atoms with Gasteiger partial charge in [-0.25, -0.2) is 0 Å². The monoisotopic (exact) mass is 1090 g/mol. The number of methoxy groups -OCH3 is 1. The molecule has 20 unspecified atom stereocenters. The Balaban J connectivity index is 0.000000272. The Bertz CT molecular complexity index is 2290. The third kappa shape index (κ3) is 11.4. The fourth-order valence-electron chi connectivity index (χ4n) is 18.5. The number of carbonyl (C=O) groups is 4. The predicted octanol–water partition coefficient (Wildman–Crippen LogP) is 13.8. The number of thioether (sulfide) groups is 4. The summed E-state index contributed by atoms with van der Waals surface area (Å²) in [6.45, 7) is 7.78. The molecule has 10 fully saturated rings. The van der Waals surface area contributed by atoms with E-state index in [4.69, 9.17) is 18.9 Å². The lowest BCUT2D eigenvalue weighted by atomic mass is 9.64. The van der Waals surface area contributed by atoms with E-state index in [1.54, 1.807) is 50.8 Å². The maximum Gasteiger partial charge on any atom is 0.308 e. The van der Waals surface area contributed by atoms with Crippen molar-refractivity contribution in [2.24, 2.45) is 100 Å². The highest BCUT2D eigenvalue weighted by Crippen LogP contribution is 2.75. The maximum absolute atomic E-state index is 12.8. The zero-order valence-electron chi connectivity index (χ0n) is 43.6. The molecule has 0 radical (unpaired) electrons. The molecule has 0 N–H and O–H groups in total. The lowest BCUT2D eigenvalue weighted by Gasteiger charge is -2.43. The Morgan fingerprint density at radius 2 is 1.00 bits per heavy atom. The topological polar surface area (TPSA) is 105 Å². The number of benzene rings is 2. The molecule has 20 atom stereocenters. The van der Waals surface area contributed by atoms with E-state index < -0.39 is 0 Å². The Labute approximate surface area is 461 Å². The molecule has 0 amide bonds. The average Bonchev–Trinajstić information content (AvgIpc) is 4.20. The molecule has 0 saturated heterocycles. The molecule has 408 valence electrons. The Morgan fingerprint density at radius 1 is 0.541 bits per heavy atom. The minimum atomic E-state index is -0.387. The molecule has 8 bridgehead atoms. The number of ether oxygens (including phenoxy) is 4. The number of rotatable bonds is 18. The number of hydrogen-bond donors (Lipinski definition) is 0. The van der Waals surface area contributed by atoms with E-state index in [9.17, 15) is 19.2 Å². The molecule has 12 rings (SSSR count). The molecule has 2 aromatic rings. The summed E-state index contributed by atoms with van der Waals surface area (Å²) in [7, 11) is 1.66. The molecule has 0 spiro atoms. The van der Waals surface area contributed by atoms with Crippen LogP contribution in [0.25, 0.3) is 0 Å². The van der Waals surface area contributed by atoms with Crippen molar-refractivity contribution in [1.29, 1.82) is 0 Å². The van der Waals surface area contributed by atoms with Gasteiger partial charge in [-0.05, 0) is 207 Å². The van der Waals surface area contributed by atoms with Crippen LogP contribution in [0.3, 0.4) is 0 Å². The summed E-state index contributed by atoms with van der Waals surface area (Å²) in [6, 6.07) is 15.5. The highest BCUT2D eigenvalue weighted by Gasteiger charge is 2.70. The van der Waals surface area contributed by atoms with Crippen molar-refractivity contribution in [2.45, 2.75) is 147 Å². The van der Waals surface area contributed by atoms with Gasteiger partial charge in [-0.1, -0.05) is 64.7 Å². The van der Waals surface area contributed by atoms with Crippen molar-refractivity contribution in [3.63, 3.8) is 0 Å². The average molecular weight is 1090 g/mol. The number of esters is 3. The van der Waals surface area contributed by atoms with Crippen LogP contribution in [0.4, 0.5) is 0 Å². The molecular weight excluding hydrogens is 1000 g/mol. The Hall–Kier alpha value is -2.28. The zero-order valence-corrected chi connectivity index (χ0v) is 46.9. The third-order valence-electron chi connectivity index (χ3n) is 20.6. The van der Waals surface area contributed by atoms with Crippen LogP contribution < -0.4 is 9.47 Å². The first-order valence-electron chi connectivity index (χ1n) is 27.9. The smallest absolute Gasteiger partial charge is 0.308 e. The second-order valence-corrected chi connectivity index (χ2v) is 30.3. The summed E-state index contributed by atoms with van der Waals surface area (Å²) in [5.41, 5.74) is 1.99. The summed E-state index contributed by atoms with van der Waals surface area (Å²) in [4.78, 5) is 48.2. The molecule has 0 aromatic heterocycles. The predicted molar refractivity (Wildman–Crippen MR) is 306 cm³/mol. The van der Waals surface area contributed by atoms with Gasteiger partial charge in [0, 0.05) is 51.8 Å². The van der Waals surface area contributed by atoms with Gasteiger partial charge in [0.2, 0.25) is 0 Å². The SMILES string of the molecule is C.C.COc1ccc(Cc2ccc(OC(C)=O)cc2)cc1.CSC1CC2CC1C1C3CC(C4CC(SCCC(=O)OCC(C)(C)COC(=O)CCSC5CC6CC5C5C7CC(C8CC(SC(C)=O)CC87)C65)CC43)C21. The van der Waals surface area contributed by atoms with Crippen LogP contribution in [0.5, 0.6) is 11.5 Å². The van der Waals surface area contributed by atoms with E-state index in [1.165, 1.54) is 69.4 Å². The van der Waals surface area contributed by atoms with E-state index in [0.717, 1.165) is 129 Å². The fourth-order valence-corrected chi connectivity index (χ4v) is 23.6. The van der Waals surface area contributed by atoms with Crippen molar-refractivity contribution >= 4 is 70.1 Å². The number of carbonyl (C=O) groups excluding carboxylic acids is 4. The van der Waals surface area contributed by atoms with E-state index in [2.05, 4.69) is 18.0 Å². The summed E-state index contributed by atoms with van der Waals surface area (Å²) in [5, 5.41) is 3.25. The summed E-state index contributed by atoms with van der Waals surface area (Å²) < 4.78 is 21.6. The lowest BCUT2D eigenvalue weighted by molar-refractivity contribution is -0.152. The van der Waals surface area contributed by atoms with E-state index in [0.29, 0.717) is 47.4 Å². The largest absolute Gasteiger partial charge is 0.497 e. The molecule has 0 aliphatic heterocycles. The standard InChI is InChI=1S/C44H64O5S4.C16H16O3.2CH4/c1-21(45)53-25-15-28-29(16-25)33-18-31(28)41-23-10-35(43(33)41)37(12-23)52-8-6-39(47)49-20-44(2,3)19-48-38(46)5-7-51-24-13-26-27(14-24)32-17-30(26)40-22-9-34(42(32)40)36(11-22)50-4;1-12(17)19-16-9-5-14(6-10-16)11-13-3-7-15(18-2)8-4-13;;/h22-37,40-43H,5-20H2,1-4H3;3-10H,11H2,1-2H3;2*1H4. The number of fused-ring (bicyclic) bond motifs is 24. The van der Waals surface area contributed by atoms with Gasteiger partial charge in [0.05, 0.1) is 33.2 Å². The molecule has 8 nitrogen and oxygen atoms in total. The van der Waals surface area contributed by atoms with E-state index in [-0.39, 0.29) is 38.2 Å². The summed E-state index contributed by atoms with van der Waals surface area (Å²) >= 11 is 7.87.